The first kappa shape index (κ1) is 12.5. The van der Waals surface area contributed by atoms with Crippen LogP contribution >= 0.6 is 11.6 Å². The van der Waals surface area contributed by atoms with E-state index in [9.17, 15) is 4.79 Å². The molecule has 2 aromatic rings. The van der Waals surface area contributed by atoms with E-state index in [0.29, 0.717) is 22.0 Å². The Kier molecular flexibility index (Phi) is 3.53. The highest BCUT2D eigenvalue weighted by Crippen LogP contribution is 2.33. The molecule has 0 atom stereocenters. The van der Waals surface area contributed by atoms with Crippen molar-refractivity contribution in [3.05, 3.63) is 47.0 Å². The Morgan fingerprint density at radius 2 is 2.00 bits per heavy atom. The van der Waals surface area contributed by atoms with Crippen molar-refractivity contribution in [2.45, 2.75) is 0 Å². The van der Waals surface area contributed by atoms with Gasteiger partial charge >= 0.3 is 0 Å². The van der Waals surface area contributed by atoms with Crippen LogP contribution in [0.1, 0.15) is 10.4 Å². The van der Waals surface area contributed by atoms with Crippen molar-refractivity contribution in [1.82, 2.24) is 0 Å². The Balaban J connectivity index is 2.60. The molecule has 0 saturated heterocycles. The molecule has 0 bridgehead atoms. The van der Waals surface area contributed by atoms with Crippen molar-refractivity contribution in [3.63, 3.8) is 0 Å². The van der Waals surface area contributed by atoms with Gasteiger partial charge in [0.15, 0.2) is 0 Å². The number of nitrogens with two attached hydrogens (primary N) is 1. The summed E-state index contributed by atoms with van der Waals surface area (Å²) < 4.78 is 5.28. The lowest BCUT2D eigenvalue weighted by molar-refractivity contribution is 0.112. The predicted molar refractivity (Wildman–Crippen MR) is 73.2 cm³/mol. The number of rotatable bonds is 3. The number of aldehydes is 1. The van der Waals surface area contributed by atoms with Gasteiger partial charge < -0.3 is 10.5 Å². The molecule has 0 saturated carbocycles. The van der Waals surface area contributed by atoms with E-state index in [-0.39, 0.29) is 0 Å². The monoisotopic (exact) mass is 261 g/mol. The summed E-state index contributed by atoms with van der Waals surface area (Å²) in [6.45, 7) is 0. The molecule has 2 N–H and O–H groups in total. The van der Waals surface area contributed by atoms with Crippen LogP contribution in [-0.2, 0) is 0 Å². The number of hydrogen-bond acceptors (Lipinski definition) is 3. The standard InChI is InChI=1S/C14H12ClNO2/c1-18-14-5-2-9(8-17)6-11(14)10-3-4-12(15)13(16)7-10/h2-8H,16H2,1H3. The SMILES string of the molecule is COc1ccc(C=O)cc1-c1ccc(Cl)c(N)c1. The van der Waals surface area contributed by atoms with E-state index in [1.54, 1.807) is 37.4 Å². The van der Waals surface area contributed by atoms with Gasteiger partial charge in [0.05, 0.1) is 17.8 Å². The molecule has 0 aliphatic rings. The van der Waals surface area contributed by atoms with Gasteiger partial charge in [-0.1, -0.05) is 17.7 Å². The second-order valence-electron chi connectivity index (χ2n) is 3.81. The number of carbonyl (C=O) groups excluding carboxylic acids is 1. The minimum Gasteiger partial charge on any atom is -0.496 e. The molecule has 0 fully saturated rings. The third-order valence-electron chi connectivity index (χ3n) is 2.67. The highest BCUT2D eigenvalue weighted by Gasteiger charge is 2.08. The van der Waals surface area contributed by atoms with E-state index in [2.05, 4.69) is 0 Å². The van der Waals surface area contributed by atoms with Gasteiger partial charge in [-0.25, -0.2) is 0 Å². The fraction of sp³-hybridized carbons (Fsp3) is 0.0714. The van der Waals surface area contributed by atoms with Crippen molar-refractivity contribution in [1.29, 1.82) is 0 Å². The zero-order valence-electron chi connectivity index (χ0n) is 9.81. The smallest absolute Gasteiger partial charge is 0.150 e. The fourth-order valence-corrected chi connectivity index (χ4v) is 1.85. The van der Waals surface area contributed by atoms with Crippen LogP contribution in [0.5, 0.6) is 5.75 Å². The summed E-state index contributed by atoms with van der Waals surface area (Å²) in [6, 6.07) is 10.5. The molecule has 0 spiro atoms. The van der Waals surface area contributed by atoms with E-state index >= 15 is 0 Å². The second kappa shape index (κ2) is 5.10. The van der Waals surface area contributed by atoms with Crippen LogP contribution in [0.25, 0.3) is 11.1 Å². The van der Waals surface area contributed by atoms with Gasteiger partial charge in [-0.3, -0.25) is 4.79 Å². The molecule has 0 radical (unpaired) electrons. The van der Waals surface area contributed by atoms with Crippen LogP contribution < -0.4 is 10.5 Å². The van der Waals surface area contributed by atoms with Crippen molar-refractivity contribution in [3.8, 4) is 16.9 Å². The van der Waals surface area contributed by atoms with E-state index in [1.165, 1.54) is 0 Å². The molecule has 0 heterocycles. The lowest BCUT2D eigenvalue weighted by atomic mass is 10.0. The Bertz CT molecular complexity index is 596. The summed E-state index contributed by atoms with van der Waals surface area (Å²) >= 11 is 5.89. The van der Waals surface area contributed by atoms with E-state index in [4.69, 9.17) is 22.1 Å². The number of nitrogen functional groups attached to an aromatic ring is 1. The molecule has 2 rings (SSSR count). The number of methoxy groups -OCH3 is 1. The summed E-state index contributed by atoms with van der Waals surface area (Å²) in [5.74, 6) is 0.683. The topological polar surface area (TPSA) is 52.3 Å². The molecule has 0 aliphatic carbocycles. The largest absolute Gasteiger partial charge is 0.496 e. The molecule has 0 aromatic heterocycles. The second-order valence-corrected chi connectivity index (χ2v) is 4.22. The van der Waals surface area contributed by atoms with Gasteiger partial charge in [-0.05, 0) is 35.9 Å². The highest BCUT2D eigenvalue weighted by molar-refractivity contribution is 6.33. The lowest BCUT2D eigenvalue weighted by Gasteiger charge is -2.10. The first-order valence-electron chi connectivity index (χ1n) is 5.34. The first-order valence-corrected chi connectivity index (χ1v) is 5.72. The highest BCUT2D eigenvalue weighted by atomic mass is 35.5. The summed E-state index contributed by atoms with van der Waals surface area (Å²) in [5, 5.41) is 0.504. The minimum absolute atomic E-state index is 0.493. The van der Waals surface area contributed by atoms with E-state index in [1.807, 2.05) is 6.07 Å². The van der Waals surface area contributed by atoms with Gasteiger partial charge in [0.2, 0.25) is 0 Å². The molecule has 4 heteroatoms. The summed E-state index contributed by atoms with van der Waals surface area (Å²) in [7, 11) is 1.58. The van der Waals surface area contributed by atoms with E-state index in [0.717, 1.165) is 17.4 Å². The average Bonchev–Trinajstić information content (AvgIpc) is 2.41. The molecule has 0 aliphatic heterocycles. The van der Waals surface area contributed by atoms with Gasteiger partial charge in [0.1, 0.15) is 12.0 Å². The molecule has 92 valence electrons. The zero-order valence-corrected chi connectivity index (χ0v) is 10.6. The molecule has 2 aromatic carbocycles. The molecule has 0 unspecified atom stereocenters. The first-order chi connectivity index (χ1) is 8.65. The molecular weight excluding hydrogens is 250 g/mol. The Morgan fingerprint density at radius 3 is 2.61 bits per heavy atom. The summed E-state index contributed by atoms with van der Waals surface area (Å²) in [4.78, 5) is 10.8. The van der Waals surface area contributed by atoms with Crippen LogP contribution in [0.3, 0.4) is 0 Å². The zero-order chi connectivity index (χ0) is 13.1. The minimum atomic E-state index is 0.493. The Labute approximate surface area is 110 Å². The number of benzene rings is 2. The maximum atomic E-state index is 10.8. The van der Waals surface area contributed by atoms with Crippen LogP contribution in [0.15, 0.2) is 36.4 Å². The van der Waals surface area contributed by atoms with Gasteiger partial charge in [-0.2, -0.15) is 0 Å². The Hall–Kier alpha value is -2.00. The van der Waals surface area contributed by atoms with Crippen LogP contribution in [0, 0.1) is 0 Å². The quantitative estimate of drug-likeness (QED) is 0.680. The Morgan fingerprint density at radius 1 is 1.22 bits per heavy atom. The van der Waals surface area contributed by atoms with Crippen molar-refractivity contribution < 1.29 is 9.53 Å². The van der Waals surface area contributed by atoms with Gasteiger partial charge in [-0.15, -0.1) is 0 Å². The van der Waals surface area contributed by atoms with Crippen molar-refractivity contribution in [2.24, 2.45) is 0 Å². The maximum Gasteiger partial charge on any atom is 0.150 e. The molecular formula is C14H12ClNO2. The number of anilines is 1. The fourth-order valence-electron chi connectivity index (χ4n) is 1.74. The molecule has 3 nitrogen and oxygen atoms in total. The predicted octanol–water partition coefficient (Wildman–Crippen LogP) is 3.41. The average molecular weight is 262 g/mol. The summed E-state index contributed by atoms with van der Waals surface area (Å²) in [6.07, 6.45) is 0.794. The van der Waals surface area contributed by atoms with Crippen molar-refractivity contribution >= 4 is 23.6 Å². The molecule has 0 amide bonds. The van der Waals surface area contributed by atoms with Crippen LogP contribution in [-0.4, -0.2) is 13.4 Å². The maximum absolute atomic E-state index is 10.8. The van der Waals surface area contributed by atoms with Gasteiger partial charge in [0, 0.05) is 11.1 Å². The van der Waals surface area contributed by atoms with Crippen molar-refractivity contribution in [2.75, 3.05) is 12.8 Å². The number of carbonyl (C=O) groups is 1. The molecule has 18 heavy (non-hydrogen) atoms. The lowest BCUT2D eigenvalue weighted by Crippen LogP contribution is -1.92. The van der Waals surface area contributed by atoms with Gasteiger partial charge in [0.25, 0.3) is 0 Å². The van der Waals surface area contributed by atoms with Crippen LogP contribution in [0.4, 0.5) is 5.69 Å². The number of ether oxygens (including phenoxy) is 1. The van der Waals surface area contributed by atoms with E-state index < -0.39 is 0 Å². The number of hydrogen-bond donors (Lipinski definition) is 1. The number of halogens is 1. The summed E-state index contributed by atoms with van der Waals surface area (Å²) in [5.41, 5.74) is 8.52. The third-order valence-corrected chi connectivity index (χ3v) is 3.01. The van der Waals surface area contributed by atoms with Crippen LogP contribution in [0.2, 0.25) is 5.02 Å². The third kappa shape index (κ3) is 2.31. The normalized spacial score (nSPS) is 10.1.